The van der Waals surface area contributed by atoms with Crippen molar-refractivity contribution in [2.24, 2.45) is 0 Å². The average Bonchev–Trinajstić information content (AvgIpc) is 2.76. The lowest BCUT2D eigenvalue weighted by atomic mass is 10.0. The minimum absolute atomic E-state index is 0.00741. The third kappa shape index (κ3) is 5.59. The number of benzene rings is 3. The summed E-state index contributed by atoms with van der Waals surface area (Å²) in [5.41, 5.74) is 1.60. The minimum Gasteiger partial charge on any atom is -0.490 e. The van der Waals surface area contributed by atoms with E-state index in [1.54, 1.807) is 61.5 Å². The highest BCUT2D eigenvalue weighted by Gasteiger charge is 2.22. The van der Waals surface area contributed by atoms with Crippen molar-refractivity contribution in [3.8, 4) is 17.6 Å². The van der Waals surface area contributed by atoms with Crippen molar-refractivity contribution >= 4 is 45.0 Å². The van der Waals surface area contributed by atoms with Gasteiger partial charge in [-0.2, -0.15) is 13.7 Å². The fraction of sp³-hybridized carbons (Fsp3) is 0.0870. The third-order valence-corrected chi connectivity index (χ3v) is 5.91. The zero-order chi connectivity index (χ0) is 22.4. The molecule has 0 aliphatic rings. The maximum Gasteiger partial charge on any atom is 0.339 e. The van der Waals surface area contributed by atoms with Crippen molar-refractivity contribution in [1.82, 2.24) is 0 Å². The second-order valence-electron chi connectivity index (χ2n) is 6.29. The predicted octanol–water partition coefficient (Wildman–Crippen LogP) is 6.22. The molecule has 0 fully saturated rings. The van der Waals surface area contributed by atoms with Gasteiger partial charge in [-0.15, -0.1) is 0 Å². The van der Waals surface area contributed by atoms with E-state index in [1.165, 1.54) is 18.2 Å². The summed E-state index contributed by atoms with van der Waals surface area (Å²) in [6, 6.07) is 19.8. The largest absolute Gasteiger partial charge is 0.490 e. The molecule has 0 aliphatic heterocycles. The van der Waals surface area contributed by atoms with Gasteiger partial charge in [0.1, 0.15) is 4.90 Å². The normalized spacial score (nSPS) is 11.6. The molecule has 0 atom stereocenters. The molecule has 0 amide bonds. The van der Waals surface area contributed by atoms with Crippen molar-refractivity contribution in [3.63, 3.8) is 0 Å². The molecule has 0 aliphatic carbocycles. The van der Waals surface area contributed by atoms with Crippen molar-refractivity contribution in [3.05, 3.63) is 87.9 Å². The standard InChI is InChI=1S/C23H17Cl2NO4S/c1-2-29-22-14-16(12-18(15-26)17-8-10-19(24)11-9-17)13-21(25)23(22)30-31(27,28)20-6-4-3-5-7-20/h3-14H,2H2,1H3/b18-12+. The fourth-order valence-corrected chi connectivity index (χ4v) is 4.14. The number of nitrogens with zero attached hydrogens (tertiary/aromatic N) is 1. The number of allylic oxidation sites excluding steroid dienone is 1. The molecule has 0 unspecified atom stereocenters. The number of rotatable bonds is 7. The number of hydrogen-bond donors (Lipinski definition) is 0. The third-order valence-electron chi connectivity index (χ3n) is 4.14. The van der Waals surface area contributed by atoms with Crippen LogP contribution in [0.4, 0.5) is 0 Å². The number of halogens is 2. The molecule has 0 saturated carbocycles. The molecule has 3 rings (SSSR count). The van der Waals surface area contributed by atoms with Crippen LogP contribution in [-0.4, -0.2) is 15.0 Å². The Kier molecular flexibility index (Phi) is 7.24. The van der Waals surface area contributed by atoms with Crippen molar-refractivity contribution in [2.75, 3.05) is 6.61 Å². The quantitative estimate of drug-likeness (QED) is 0.231. The van der Waals surface area contributed by atoms with Crippen LogP contribution < -0.4 is 8.92 Å². The van der Waals surface area contributed by atoms with Gasteiger partial charge in [0.25, 0.3) is 0 Å². The van der Waals surface area contributed by atoms with Crippen LogP contribution in [0.1, 0.15) is 18.1 Å². The van der Waals surface area contributed by atoms with E-state index in [1.807, 2.05) is 0 Å². The minimum atomic E-state index is -4.11. The zero-order valence-corrected chi connectivity index (χ0v) is 18.7. The van der Waals surface area contributed by atoms with Crippen LogP contribution in [0.15, 0.2) is 71.6 Å². The zero-order valence-electron chi connectivity index (χ0n) is 16.4. The van der Waals surface area contributed by atoms with E-state index in [0.29, 0.717) is 21.7 Å². The Morgan fingerprint density at radius 2 is 1.74 bits per heavy atom. The number of hydrogen-bond acceptors (Lipinski definition) is 5. The van der Waals surface area contributed by atoms with Gasteiger partial charge >= 0.3 is 10.1 Å². The highest BCUT2D eigenvalue weighted by atomic mass is 35.5. The van der Waals surface area contributed by atoms with Gasteiger partial charge in [0.15, 0.2) is 5.75 Å². The summed E-state index contributed by atoms with van der Waals surface area (Å²) in [5, 5.41) is 10.2. The van der Waals surface area contributed by atoms with Crippen LogP contribution in [0.25, 0.3) is 11.6 Å². The van der Waals surface area contributed by atoms with Crippen LogP contribution in [0.2, 0.25) is 10.0 Å². The monoisotopic (exact) mass is 473 g/mol. The topological polar surface area (TPSA) is 76.4 Å². The molecule has 158 valence electrons. The van der Waals surface area contributed by atoms with Crippen molar-refractivity contribution in [1.29, 1.82) is 5.26 Å². The summed E-state index contributed by atoms with van der Waals surface area (Å²) >= 11 is 12.3. The SMILES string of the molecule is CCOc1cc(/C=C(\C#N)c2ccc(Cl)cc2)cc(Cl)c1OS(=O)(=O)c1ccccc1. The Morgan fingerprint density at radius 1 is 1.06 bits per heavy atom. The van der Waals surface area contributed by atoms with Gasteiger partial charge in [-0.05, 0) is 60.5 Å². The second kappa shape index (κ2) is 9.88. The molecule has 0 spiro atoms. The van der Waals surface area contributed by atoms with E-state index in [2.05, 4.69) is 6.07 Å². The molecule has 0 N–H and O–H groups in total. The molecule has 5 nitrogen and oxygen atoms in total. The maximum atomic E-state index is 12.6. The Balaban J connectivity index is 2.02. The molecule has 0 bridgehead atoms. The smallest absolute Gasteiger partial charge is 0.339 e. The lowest BCUT2D eigenvalue weighted by Crippen LogP contribution is -2.11. The molecule has 3 aromatic carbocycles. The summed E-state index contributed by atoms with van der Waals surface area (Å²) in [6.07, 6.45) is 1.62. The van der Waals surface area contributed by atoms with Crippen LogP contribution in [0, 0.1) is 11.3 Å². The van der Waals surface area contributed by atoms with Gasteiger partial charge in [0.05, 0.1) is 23.3 Å². The highest BCUT2D eigenvalue weighted by molar-refractivity contribution is 7.87. The Labute approximate surface area is 191 Å². The van der Waals surface area contributed by atoms with E-state index >= 15 is 0 Å². The maximum absolute atomic E-state index is 12.6. The summed E-state index contributed by atoms with van der Waals surface area (Å²) < 4.78 is 36.1. The van der Waals surface area contributed by atoms with Gasteiger partial charge in [0.2, 0.25) is 5.75 Å². The van der Waals surface area contributed by atoms with E-state index in [-0.39, 0.29) is 28.0 Å². The van der Waals surface area contributed by atoms with Crippen LogP contribution in [-0.2, 0) is 10.1 Å². The predicted molar refractivity (Wildman–Crippen MR) is 122 cm³/mol. The fourth-order valence-electron chi connectivity index (χ4n) is 2.74. The average molecular weight is 474 g/mol. The van der Waals surface area contributed by atoms with Gasteiger partial charge in [-0.3, -0.25) is 0 Å². The van der Waals surface area contributed by atoms with Gasteiger partial charge in [0, 0.05) is 5.02 Å². The van der Waals surface area contributed by atoms with Crippen LogP contribution in [0.5, 0.6) is 11.5 Å². The molecule has 0 aromatic heterocycles. The van der Waals surface area contributed by atoms with Crippen LogP contribution >= 0.6 is 23.2 Å². The Bertz CT molecular complexity index is 1250. The second-order valence-corrected chi connectivity index (χ2v) is 8.68. The van der Waals surface area contributed by atoms with E-state index in [9.17, 15) is 13.7 Å². The highest BCUT2D eigenvalue weighted by Crippen LogP contribution is 2.39. The first kappa shape index (κ1) is 22.7. The molecular formula is C23H17Cl2NO4S. The van der Waals surface area contributed by atoms with Gasteiger partial charge < -0.3 is 8.92 Å². The molecule has 0 heterocycles. The summed E-state index contributed by atoms with van der Waals surface area (Å²) in [4.78, 5) is -0.00741. The van der Waals surface area contributed by atoms with E-state index in [4.69, 9.17) is 32.1 Å². The Hall–Kier alpha value is -2.98. The van der Waals surface area contributed by atoms with Crippen molar-refractivity contribution in [2.45, 2.75) is 11.8 Å². The molecule has 8 heteroatoms. The molecule has 31 heavy (non-hydrogen) atoms. The van der Waals surface area contributed by atoms with E-state index in [0.717, 1.165) is 0 Å². The van der Waals surface area contributed by atoms with Gasteiger partial charge in [-0.25, -0.2) is 0 Å². The molecule has 0 radical (unpaired) electrons. The van der Waals surface area contributed by atoms with Crippen molar-refractivity contribution < 1.29 is 17.3 Å². The van der Waals surface area contributed by atoms with Gasteiger partial charge in [-0.1, -0.05) is 53.5 Å². The first-order valence-electron chi connectivity index (χ1n) is 9.17. The first-order chi connectivity index (χ1) is 14.8. The summed E-state index contributed by atoms with van der Waals surface area (Å²) in [7, 11) is -4.11. The molecule has 3 aromatic rings. The molecule has 0 saturated heterocycles. The van der Waals surface area contributed by atoms with Crippen LogP contribution in [0.3, 0.4) is 0 Å². The summed E-state index contributed by atoms with van der Waals surface area (Å²) in [5.74, 6) is 0.0312. The lowest BCUT2D eigenvalue weighted by Gasteiger charge is -2.14. The van der Waals surface area contributed by atoms with E-state index < -0.39 is 10.1 Å². The number of ether oxygens (including phenoxy) is 1. The first-order valence-corrected chi connectivity index (χ1v) is 11.3. The number of nitriles is 1. The lowest BCUT2D eigenvalue weighted by molar-refractivity contribution is 0.327. The molecular weight excluding hydrogens is 457 g/mol. The Morgan fingerprint density at radius 3 is 2.35 bits per heavy atom. The summed E-state index contributed by atoms with van der Waals surface area (Å²) in [6.45, 7) is 2.01.